The molecule has 1 aromatic heterocycles. The van der Waals surface area contributed by atoms with Crippen LogP contribution in [0.3, 0.4) is 0 Å². The highest BCUT2D eigenvalue weighted by molar-refractivity contribution is 5.56. The van der Waals surface area contributed by atoms with Gasteiger partial charge in [0.05, 0.1) is 11.3 Å². The van der Waals surface area contributed by atoms with Crippen LogP contribution < -0.4 is 5.32 Å². The van der Waals surface area contributed by atoms with Crippen LogP contribution >= 0.6 is 0 Å². The van der Waals surface area contributed by atoms with Crippen LogP contribution in [0.2, 0.25) is 0 Å². The lowest BCUT2D eigenvalue weighted by atomic mass is 10.00. The summed E-state index contributed by atoms with van der Waals surface area (Å²) in [5, 5.41) is 30.9. The molecule has 1 atom stereocenters. The van der Waals surface area contributed by atoms with Gasteiger partial charge in [0.15, 0.2) is 5.82 Å². The topological polar surface area (TPSA) is 81.8 Å². The van der Waals surface area contributed by atoms with Crippen LogP contribution in [0, 0.1) is 11.3 Å². The van der Waals surface area contributed by atoms with E-state index in [0.29, 0.717) is 24.3 Å². The number of hydrogen-bond acceptors (Lipinski definition) is 5. The van der Waals surface area contributed by atoms with Crippen molar-refractivity contribution in [3.05, 3.63) is 16.8 Å². The lowest BCUT2D eigenvalue weighted by molar-refractivity contribution is 0.0636. The maximum Gasteiger partial charge on any atom is 0.167 e. The Bertz CT molecular complexity index is 491. The largest absolute Gasteiger partial charge is 0.388 e. The molecule has 5 nitrogen and oxygen atoms in total. The summed E-state index contributed by atoms with van der Waals surface area (Å²) in [6.07, 6.45) is 3.11. The van der Waals surface area contributed by atoms with Gasteiger partial charge in [0.2, 0.25) is 0 Å². The highest BCUT2D eigenvalue weighted by Gasteiger charge is 2.21. The van der Waals surface area contributed by atoms with Gasteiger partial charge in [-0.1, -0.05) is 27.2 Å². The highest BCUT2D eigenvalue weighted by Crippen LogP contribution is 2.21. The Hall–Kier alpha value is -1.67. The van der Waals surface area contributed by atoms with Gasteiger partial charge in [-0.05, 0) is 31.7 Å². The fourth-order valence-electron chi connectivity index (χ4n) is 2.32. The first-order valence-corrected chi connectivity index (χ1v) is 7.23. The van der Waals surface area contributed by atoms with Gasteiger partial charge in [0.25, 0.3) is 0 Å². The third-order valence-electron chi connectivity index (χ3n) is 3.38. The first-order valence-electron chi connectivity index (χ1n) is 7.23. The second-order valence-corrected chi connectivity index (χ2v) is 5.27. The van der Waals surface area contributed by atoms with Crippen molar-refractivity contribution in [3.63, 3.8) is 0 Å². The van der Waals surface area contributed by atoms with Crippen LogP contribution in [0.25, 0.3) is 0 Å². The van der Waals surface area contributed by atoms with Crippen LogP contribution in [-0.4, -0.2) is 27.4 Å². The zero-order chi connectivity index (χ0) is 15.2. The zero-order valence-electron chi connectivity index (χ0n) is 12.8. The number of nitrogens with zero attached hydrogens (tertiary/aromatic N) is 3. The summed E-state index contributed by atoms with van der Waals surface area (Å²) in [6.45, 7) is 8.18. The fourth-order valence-corrected chi connectivity index (χ4v) is 2.32. The van der Waals surface area contributed by atoms with E-state index in [4.69, 9.17) is 0 Å². The van der Waals surface area contributed by atoms with Gasteiger partial charge in [0.1, 0.15) is 11.6 Å². The van der Waals surface area contributed by atoms with E-state index in [-0.39, 0.29) is 0 Å². The Kier molecular flexibility index (Phi) is 5.90. The van der Waals surface area contributed by atoms with E-state index in [1.807, 2.05) is 20.8 Å². The van der Waals surface area contributed by atoms with E-state index in [9.17, 15) is 10.4 Å². The molecule has 0 saturated carbocycles. The number of aliphatic hydroxyl groups is 1. The van der Waals surface area contributed by atoms with Crippen molar-refractivity contribution in [3.8, 4) is 6.07 Å². The number of aromatic nitrogens is 2. The molecule has 0 fully saturated rings. The third-order valence-corrected chi connectivity index (χ3v) is 3.38. The lowest BCUT2D eigenvalue weighted by Gasteiger charge is -2.23. The summed E-state index contributed by atoms with van der Waals surface area (Å²) >= 11 is 0. The normalized spacial score (nSPS) is 13.6. The molecule has 0 aromatic carbocycles. The Balaban J connectivity index is 3.00. The van der Waals surface area contributed by atoms with Gasteiger partial charge < -0.3 is 10.4 Å². The predicted octanol–water partition coefficient (Wildman–Crippen LogP) is 2.44. The number of nitrogens with one attached hydrogen (secondary N) is 1. The average Bonchev–Trinajstić information content (AvgIpc) is 2.43. The Morgan fingerprint density at radius 1 is 1.25 bits per heavy atom. The standard InChI is InChI=1S/C15H24N4O/c1-5-8-15(4,20)10-17-14-12(9-16)11(6-2)13(7-3)18-19-14/h20H,5-8,10H2,1-4H3,(H,17,19). The Morgan fingerprint density at radius 3 is 2.45 bits per heavy atom. The number of hydrogen-bond donors (Lipinski definition) is 2. The SMILES string of the molecule is CCCC(C)(O)CNc1nnc(CC)c(CC)c1C#N. The molecule has 0 aliphatic carbocycles. The fraction of sp³-hybridized carbons (Fsp3) is 0.667. The molecule has 0 amide bonds. The molecule has 0 aliphatic rings. The van der Waals surface area contributed by atoms with Crippen LogP contribution in [0.1, 0.15) is 57.4 Å². The van der Waals surface area contributed by atoms with E-state index in [0.717, 1.165) is 30.5 Å². The molecule has 1 heterocycles. The van der Waals surface area contributed by atoms with E-state index < -0.39 is 5.60 Å². The maximum atomic E-state index is 10.2. The summed E-state index contributed by atoms with van der Waals surface area (Å²) in [4.78, 5) is 0. The molecule has 0 spiro atoms. The van der Waals surface area contributed by atoms with Crippen LogP contribution in [-0.2, 0) is 12.8 Å². The molecular weight excluding hydrogens is 252 g/mol. The van der Waals surface area contributed by atoms with Gasteiger partial charge in [-0.15, -0.1) is 5.10 Å². The van der Waals surface area contributed by atoms with Crippen LogP contribution in [0.15, 0.2) is 0 Å². The van der Waals surface area contributed by atoms with E-state index in [1.54, 1.807) is 6.92 Å². The minimum absolute atomic E-state index is 0.360. The summed E-state index contributed by atoms with van der Waals surface area (Å²) < 4.78 is 0. The molecular formula is C15H24N4O. The number of aryl methyl sites for hydroxylation is 1. The van der Waals surface area contributed by atoms with Crippen molar-refractivity contribution >= 4 is 5.82 Å². The second kappa shape index (κ2) is 7.20. The summed E-state index contributed by atoms with van der Waals surface area (Å²) in [5.41, 5.74) is 1.56. The highest BCUT2D eigenvalue weighted by atomic mass is 16.3. The smallest absolute Gasteiger partial charge is 0.167 e. The van der Waals surface area contributed by atoms with Crippen LogP contribution in [0.5, 0.6) is 0 Å². The minimum Gasteiger partial charge on any atom is -0.388 e. The second-order valence-electron chi connectivity index (χ2n) is 5.27. The zero-order valence-corrected chi connectivity index (χ0v) is 12.8. The van der Waals surface area contributed by atoms with E-state index >= 15 is 0 Å². The van der Waals surface area contributed by atoms with Gasteiger partial charge >= 0.3 is 0 Å². The van der Waals surface area contributed by atoms with Crippen molar-refractivity contribution in [1.82, 2.24) is 10.2 Å². The molecule has 110 valence electrons. The quantitative estimate of drug-likeness (QED) is 0.799. The van der Waals surface area contributed by atoms with Crippen molar-refractivity contribution in [2.24, 2.45) is 0 Å². The maximum absolute atomic E-state index is 10.2. The average molecular weight is 276 g/mol. The summed E-state index contributed by atoms with van der Waals surface area (Å²) in [5.74, 6) is 0.470. The van der Waals surface area contributed by atoms with Crippen molar-refractivity contribution in [1.29, 1.82) is 5.26 Å². The monoisotopic (exact) mass is 276 g/mol. The minimum atomic E-state index is -0.807. The van der Waals surface area contributed by atoms with Crippen molar-refractivity contribution in [2.45, 2.75) is 59.0 Å². The molecule has 0 saturated heterocycles. The molecule has 0 bridgehead atoms. The molecule has 0 aliphatic heterocycles. The Labute approximate surface area is 121 Å². The number of rotatable bonds is 7. The third kappa shape index (κ3) is 3.91. The molecule has 0 radical (unpaired) electrons. The first-order chi connectivity index (χ1) is 9.49. The first kappa shape index (κ1) is 16.4. The molecule has 20 heavy (non-hydrogen) atoms. The molecule has 1 rings (SSSR count). The molecule has 1 unspecified atom stereocenters. The van der Waals surface area contributed by atoms with E-state index in [2.05, 4.69) is 21.6 Å². The molecule has 1 aromatic rings. The predicted molar refractivity (Wildman–Crippen MR) is 79.5 cm³/mol. The van der Waals surface area contributed by atoms with Crippen molar-refractivity contribution < 1.29 is 5.11 Å². The lowest BCUT2D eigenvalue weighted by Crippen LogP contribution is -2.33. The number of anilines is 1. The van der Waals surface area contributed by atoms with Gasteiger partial charge in [0, 0.05) is 6.54 Å². The van der Waals surface area contributed by atoms with E-state index in [1.165, 1.54) is 0 Å². The Morgan fingerprint density at radius 2 is 1.95 bits per heavy atom. The number of nitriles is 1. The van der Waals surface area contributed by atoms with Gasteiger partial charge in [-0.25, -0.2) is 0 Å². The molecule has 2 N–H and O–H groups in total. The van der Waals surface area contributed by atoms with Gasteiger partial charge in [-0.3, -0.25) is 0 Å². The molecule has 5 heteroatoms. The van der Waals surface area contributed by atoms with Crippen LogP contribution in [0.4, 0.5) is 5.82 Å². The summed E-state index contributed by atoms with van der Waals surface area (Å²) in [6, 6.07) is 2.21. The van der Waals surface area contributed by atoms with Crippen molar-refractivity contribution in [2.75, 3.05) is 11.9 Å². The summed E-state index contributed by atoms with van der Waals surface area (Å²) in [7, 11) is 0. The van der Waals surface area contributed by atoms with Gasteiger partial charge in [-0.2, -0.15) is 10.4 Å².